The minimum absolute atomic E-state index is 0.0630. The zero-order valence-electron chi connectivity index (χ0n) is 15.2. The zero-order valence-corrected chi connectivity index (χ0v) is 15.2. The monoisotopic (exact) mass is 356 g/mol. The first-order valence-corrected chi connectivity index (χ1v) is 8.67. The van der Waals surface area contributed by atoms with Crippen LogP contribution < -0.4 is 15.4 Å². The van der Waals surface area contributed by atoms with Gasteiger partial charge < -0.3 is 15.2 Å². The smallest absolute Gasteiger partial charge is 0.363 e. The zero-order chi connectivity index (χ0) is 18.9. The Hall–Kier alpha value is -2.60. The van der Waals surface area contributed by atoms with Gasteiger partial charge in [0.15, 0.2) is 0 Å². The van der Waals surface area contributed by atoms with Gasteiger partial charge in [0.1, 0.15) is 5.75 Å². The highest BCUT2D eigenvalue weighted by molar-refractivity contribution is 5.89. The average molecular weight is 356 g/mol. The van der Waals surface area contributed by atoms with Crippen molar-refractivity contribution in [1.29, 1.82) is 0 Å². The number of hydrogen-bond acceptors (Lipinski definition) is 4. The van der Waals surface area contributed by atoms with Gasteiger partial charge in [0.2, 0.25) is 5.91 Å². The van der Waals surface area contributed by atoms with Gasteiger partial charge in [0.05, 0.1) is 5.92 Å². The fourth-order valence-electron chi connectivity index (χ4n) is 3.19. The van der Waals surface area contributed by atoms with Crippen molar-refractivity contribution in [1.82, 2.24) is 10.6 Å². The van der Waals surface area contributed by atoms with E-state index in [4.69, 9.17) is 4.74 Å². The molecule has 6 heteroatoms. The van der Waals surface area contributed by atoms with E-state index in [-0.39, 0.29) is 24.4 Å². The van der Waals surface area contributed by atoms with Crippen molar-refractivity contribution in [2.45, 2.75) is 38.5 Å². The summed E-state index contributed by atoms with van der Waals surface area (Å²) >= 11 is 0. The number of benzene rings is 2. The summed E-state index contributed by atoms with van der Waals surface area (Å²) in [6.45, 7) is 5.93. The standard InChI is InChI=1S/C20H24N2O4/c1-19(2,3)22-17(23)14-11-20(18(24)25,21-12-14)26-16-10-6-8-13-7-4-5-9-15(13)16/h4-10,14,21H,11-12H2,1-3H3,(H,22,23)(H,24,25)/t14-,20+/m0/s1. The van der Waals surface area contributed by atoms with E-state index in [1.165, 1.54) is 0 Å². The Kier molecular flexibility index (Phi) is 4.63. The molecule has 138 valence electrons. The Labute approximate surface area is 152 Å². The number of fused-ring (bicyclic) bond motifs is 1. The lowest BCUT2D eigenvalue weighted by atomic mass is 10.00. The van der Waals surface area contributed by atoms with Crippen molar-refractivity contribution in [3.8, 4) is 5.75 Å². The second-order valence-electron chi connectivity index (χ2n) is 7.73. The summed E-state index contributed by atoms with van der Waals surface area (Å²) in [7, 11) is 0. The maximum Gasteiger partial charge on any atom is 0.363 e. The van der Waals surface area contributed by atoms with Crippen LogP contribution in [0.25, 0.3) is 10.8 Å². The maximum absolute atomic E-state index is 12.4. The molecule has 0 bridgehead atoms. The summed E-state index contributed by atoms with van der Waals surface area (Å²) in [4.78, 5) is 24.4. The lowest BCUT2D eigenvalue weighted by Gasteiger charge is -2.27. The van der Waals surface area contributed by atoms with Gasteiger partial charge in [0.25, 0.3) is 5.72 Å². The summed E-state index contributed by atoms with van der Waals surface area (Å²) in [6, 6.07) is 13.1. The van der Waals surface area contributed by atoms with Gasteiger partial charge in [-0.1, -0.05) is 36.4 Å². The number of aliphatic carboxylic acids is 1. The average Bonchev–Trinajstić information content (AvgIpc) is 2.99. The SMILES string of the molecule is CC(C)(C)NC(=O)[C@@H]1CN[C@](Oc2cccc3ccccc23)(C(=O)O)C1. The highest BCUT2D eigenvalue weighted by atomic mass is 16.5. The van der Waals surface area contributed by atoms with Gasteiger partial charge in [-0.2, -0.15) is 0 Å². The third-order valence-corrected chi connectivity index (χ3v) is 4.42. The van der Waals surface area contributed by atoms with Crippen LogP contribution in [-0.2, 0) is 9.59 Å². The molecule has 0 aromatic heterocycles. The number of hydrogen-bond donors (Lipinski definition) is 3. The molecule has 0 unspecified atom stereocenters. The minimum atomic E-state index is -1.62. The fourth-order valence-corrected chi connectivity index (χ4v) is 3.19. The van der Waals surface area contributed by atoms with E-state index in [2.05, 4.69) is 10.6 Å². The highest BCUT2D eigenvalue weighted by Crippen LogP contribution is 2.33. The largest absolute Gasteiger partial charge is 0.477 e. The van der Waals surface area contributed by atoms with Crippen molar-refractivity contribution in [3.05, 3.63) is 42.5 Å². The Bertz CT molecular complexity index is 838. The van der Waals surface area contributed by atoms with E-state index in [1.807, 2.05) is 57.2 Å². The van der Waals surface area contributed by atoms with Gasteiger partial charge >= 0.3 is 5.97 Å². The van der Waals surface area contributed by atoms with Gasteiger partial charge in [-0.3, -0.25) is 10.1 Å². The molecule has 0 radical (unpaired) electrons. The number of carbonyl (C=O) groups is 2. The normalized spacial score (nSPS) is 23.0. The van der Waals surface area contributed by atoms with Crippen LogP contribution in [0.1, 0.15) is 27.2 Å². The predicted molar refractivity (Wildman–Crippen MR) is 98.9 cm³/mol. The first-order valence-electron chi connectivity index (χ1n) is 8.67. The van der Waals surface area contributed by atoms with E-state index in [0.29, 0.717) is 5.75 Å². The van der Waals surface area contributed by atoms with Crippen LogP contribution in [0.2, 0.25) is 0 Å². The quantitative estimate of drug-likeness (QED) is 0.783. The van der Waals surface area contributed by atoms with Crippen LogP contribution in [0.5, 0.6) is 5.75 Å². The second-order valence-corrected chi connectivity index (χ2v) is 7.73. The second kappa shape index (κ2) is 6.61. The summed E-state index contributed by atoms with van der Waals surface area (Å²) in [6.07, 6.45) is 0.0630. The lowest BCUT2D eigenvalue weighted by molar-refractivity contribution is -0.157. The maximum atomic E-state index is 12.4. The molecule has 26 heavy (non-hydrogen) atoms. The van der Waals surface area contributed by atoms with E-state index < -0.39 is 17.6 Å². The Morgan fingerprint density at radius 3 is 2.58 bits per heavy atom. The molecule has 1 saturated heterocycles. The van der Waals surface area contributed by atoms with E-state index in [1.54, 1.807) is 6.07 Å². The summed E-state index contributed by atoms with van der Waals surface area (Å²) in [5.74, 6) is -1.29. The lowest BCUT2D eigenvalue weighted by Crippen LogP contribution is -2.52. The molecule has 0 spiro atoms. The highest BCUT2D eigenvalue weighted by Gasteiger charge is 2.50. The number of ether oxygens (including phenoxy) is 1. The third kappa shape index (κ3) is 3.65. The molecule has 2 aromatic carbocycles. The molecular weight excluding hydrogens is 332 g/mol. The molecule has 0 aliphatic carbocycles. The van der Waals surface area contributed by atoms with Crippen molar-refractivity contribution < 1.29 is 19.4 Å². The predicted octanol–water partition coefficient (Wildman–Crippen LogP) is 2.52. The first kappa shape index (κ1) is 18.2. The number of carboxylic acid groups (broad SMARTS) is 1. The topological polar surface area (TPSA) is 87.7 Å². The number of rotatable bonds is 4. The van der Waals surface area contributed by atoms with Crippen LogP contribution in [0.15, 0.2) is 42.5 Å². The van der Waals surface area contributed by atoms with Crippen molar-refractivity contribution >= 4 is 22.6 Å². The molecule has 2 atom stereocenters. The van der Waals surface area contributed by atoms with Gasteiger partial charge in [0, 0.05) is 23.9 Å². The van der Waals surface area contributed by atoms with Gasteiger partial charge in [-0.25, -0.2) is 4.79 Å². The van der Waals surface area contributed by atoms with E-state index in [0.717, 1.165) is 10.8 Å². The fraction of sp³-hybridized carbons (Fsp3) is 0.400. The van der Waals surface area contributed by atoms with E-state index in [9.17, 15) is 14.7 Å². The number of carbonyl (C=O) groups excluding carboxylic acids is 1. The van der Waals surface area contributed by atoms with E-state index >= 15 is 0 Å². The van der Waals surface area contributed by atoms with Crippen molar-refractivity contribution in [3.63, 3.8) is 0 Å². The van der Waals surface area contributed by atoms with Crippen LogP contribution in [-0.4, -0.2) is 34.8 Å². The summed E-state index contributed by atoms with van der Waals surface area (Å²) in [5.41, 5.74) is -1.99. The number of amides is 1. The molecule has 1 heterocycles. The van der Waals surface area contributed by atoms with Crippen LogP contribution in [0.4, 0.5) is 0 Å². The van der Waals surface area contributed by atoms with Crippen LogP contribution in [0, 0.1) is 5.92 Å². The minimum Gasteiger partial charge on any atom is -0.477 e. The summed E-state index contributed by atoms with van der Waals surface area (Å²) in [5, 5.41) is 17.4. The summed E-state index contributed by atoms with van der Waals surface area (Å²) < 4.78 is 5.96. The van der Waals surface area contributed by atoms with Crippen molar-refractivity contribution in [2.24, 2.45) is 5.92 Å². The molecule has 1 amide bonds. The Morgan fingerprint density at radius 1 is 1.19 bits per heavy atom. The van der Waals surface area contributed by atoms with Gasteiger partial charge in [-0.05, 0) is 32.2 Å². The Balaban J connectivity index is 1.86. The molecule has 3 N–H and O–H groups in total. The number of nitrogens with one attached hydrogen (secondary N) is 2. The van der Waals surface area contributed by atoms with Gasteiger partial charge in [-0.15, -0.1) is 0 Å². The first-order chi connectivity index (χ1) is 12.2. The van der Waals surface area contributed by atoms with Crippen molar-refractivity contribution in [2.75, 3.05) is 6.54 Å². The number of carboxylic acids is 1. The molecule has 3 rings (SSSR count). The molecule has 6 nitrogen and oxygen atoms in total. The van der Waals surface area contributed by atoms with Crippen LogP contribution in [0.3, 0.4) is 0 Å². The third-order valence-electron chi connectivity index (χ3n) is 4.42. The molecule has 1 aliphatic rings. The van der Waals surface area contributed by atoms with Crippen LogP contribution >= 0.6 is 0 Å². The molecule has 1 aliphatic heterocycles. The molecular formula is C20H24N2O4. The Morgan fingerprint density at radius 2 is 1.88 bits per heavy atom. The molecule has 2 aromatic rings. The molecule has 1 fully saturated rings. The molecule has 0 saturated carbocycles.